The van der Waals surface area contributed by atoms with Crippen LogP contribution in [0.1, 0.15) is 284 Å². The van der Waals surface area contributed by atoms with Gasteiger partial charge in [0, 0.05) is 73.4 Å². The number of esters is 2. The quantitative estimate of drug-likeness (QED) is 0.00807. The number of carbonyl (C=O) groups is 4. The minimum atomic E-state index is -4.93. The van der Waals surface area contributed by atoms with Gasteiger partial charge in [-0.05, 0) is 84.8 Å². The number of unbranched alkanes of at least 4 members (excludes halogenated alkanes) is 30. The van der Waals surface area contributed by atoms with Gasteiger partial charge in [0.25, 0.3) is 7.82 Å². The fourth-order valence-electron chi connectivity index (χ4n) is 14.7. The number of phosphoric acid groups is 1. The molecule has 0 saturated carbocycles. The van der Waals surface area contributed by atoms with Crippen LogP contribution in [0.2, 0.25) is 0 Å². The number of benzene rings is 4. The van der Waals surface area contributed by atoms with Crippen molar-refractivity contribution in [2.75, 3.05) is 71.2 Å². The van der Waals surface area contributed by atoms with Crippen molar-refractivity contribution in [3.8, 4) is 0 Å². The summed E-state index contributed by atoms with van der Waals surface area (Å²) in [5, 5.41) is 10.4. The number of hydrogen-bond acceptors (Lipinski definition) is 13. The molecule has 19 heteroatoms. The van der Waals surface area contributed by atoms with E-state index in [0.717, 1.165) is 64.3 Å². The topological polar surface area (TPSA) is 194 Å². The zero-order valence-corrected chi connectivity index (χ0v) is 69.5. The Morgan fingerprint density at radius 2 is 1.02 bits per heavy atom. The van der Waals surface area contributed by atoms with Crippen molar-refractivity contribution in [1.82, 2.24) is 10.6 Å². The van der Waals surface area contributed by atoms with E-state index in [2.05, 4.69) is 172 Å². The Morgan fingerprint density at radius 1 is 0.524 bits per heavy atom. The van der Waals surface area contributed by atoms with Gasteiger partial charge in [-0.15, -0.1) is 0 Å². The summed E-state index contributed by atoms with van der Waals surface area (Å²) >= 11 is 0. The Labute approximate surface area is 660 Å². The molecule has 2 N–H and O–H groups in total. The number of phosphoric ester groups is 1. The van der Waals surface area contributed by atoms with Crippen LogP contribution in [-0.2, 0) is 57.8 Å². The number of nitrogens with zero attached hydrogens (tertiary/aromatic N) is 2. The van der Waals surface area contributed by atoms with E-state index in [0.29, 0.717) is 25.8 Å². The third-order valence-corrected chi connectivity index (χ3v) is 21.4. The second-order valence-electron chi connectivity index (χ2n) is 29.6. The molecule has 2 aliphatic heterocycles. The molecule has 2 heterocycles. The van der Waals surface area contributed by atoms with Crippen LogP contribution in [0.3, 0.4) is 0 Å². The molecule has 0 aliphatic carbocycles. The van der Waals surface area contributed by atoms with E-state index in [4.69, 9.17) is 28.0 Å². The van der Waals surface area contributed by atoms with Gasteiger partial charge in [0.15, 0.2) is 11.8 Å². The van der Waals surface area contributed by atoms with E-state index in [1.807, 2.05) is 0 Å². The number of fused-ring (bicyclic) bond motifs is 6. The van der Waals surface area contributed by atoms with Crippen LogP contribution in [0.15, 0.2) is 109 Å². The number of carbonyl (C=O) groups excluding carboxylic acids is 4. The van der Waals surface area contributed by atoms with Gasteiger partial charge in [-0.2, -0.15) is 4.58 Å². The van der Waals surface area contributed by atoms with E-state index in [-0.39, 0.29) is 105 Å². The van der Waals surface area contributed by atoms with Crippen molar-refractivity contribution in [3.05, 3.63) is 120 Å². The summed E-state index contributed by atoms with van der Waals surface area (Å²) in [6.45, 7) is 13.5. The Morgan fingerprint density at radius 3 is 1.59 bits per heavy atom. The van der Waals surface area contributed by atoms with Crippen LogP contribution < -0.4 is 62.4 Å². The van der Waals surface area contributed by atoms with Crippen LogP contribution in [0, 0.1) is 0 Å². The van der Waals surface area contributed by atoms with Gasteiger partial charge < -0.3 is 60.8 Å². The van der Waals surface area contributed by atoms with Crippen molar-refractivity contribution in [2.45, 2.75) is 290 Å². The number of anilines is 1. The molecule has 2 aliphatic rings. The first kappa shape index (κ1) is 92.5. The number of ether oxygens (including phenoxy) is 4. The Balaban J connectivity index is 0.0000117. The van der Waals surface area contributed by atoms with Crippen molar-refractivity contribution < 1.29 is 103 Å². The molecule has 105 heavy (non-hydrogen) atoms. The molecule has 4 aromatic carbocycles. The summed E-state index contributed by atoms with van der Waals surface area (Å²) < 4.78 is 47.1. The average Bonchev–Trinajstić information content (AvgIpc) is 1.59. The molecule has 1 unspecified atom stereocenters. The number of amides is 2. The summed E-state index contributed by atoms with van der Waals surface area (Å²) in [5.74, 6) is -1.02. The van der Waals surface area contributed by atoms with Crippen LogP contribution in [-0.4, -0.2) is 107 Å². The monoisotopic (exact) mass is 1500 g/mol. The molecule has 580 valence electrons. The molecule has 0 aromatic heterocycles. The minimum absolute atomic E-state index is 0. The zero-order chi connectivity index (χ0) is 73.8. The first-order chi connectivity index (χ1) is 50.0. The van der Waals surface area contributed by atoms with Gasteiger partial charge in [0.05, 0.1) is 31.8 Å². The SMILES string of the molecule is CCCCCCCCCCCCCCCCCC(=O)OC[C@H](COP(=O)([O-])OCCNC(=O)OCCOCCNC(=O)CCCCCN1\C(=C/C=C/C=C/C2=[N+](C)c3ccc4ccccc4c3C2(C)C)C(C)(C)c2c1ccc1ccccc21)OC(=O)CCCCCCCCCCCCCCCCC.[Cl-].[Na+]. The van der Waals surface area contributed by atoms with Crippen molar-refractivity contribution in [3.63, 3.8) is 0 Å². The van der Waals surface area contributed by atoms with Crippen molar-refractivity contribution in [2.24, 2.45) is 0 Å². The van der Waals surface area contributed by atoms with Gasteiger partial charge in [0.2, 0.25) is 11.6 Å². The minimum Gasteiger partial charge on any atom is -1.00 e. The molecule has 2 amide bonds. The maximum atomic E-state index is 13.0. The summed E-state index contributed by atoms with van der Waals surface area (Å²) in [4.78, 5) is 66.3. The Bertz CT molecular complexity index is 3350. The fourth-order valence-corrected chi connectivity index (χ4v) is 15.4. The third-order valence-electron chi connectivity index (χ3n) is 20.4. The Kier molecular flexibility index (Phi) is 46.7. The van der Waals surface area contributed by atoms with Gasteiger partial charge in [0.1, 0.15) is 20.3 Å². The first-order valence-corrected chi connectivity index (χ1v) is 41.6. The van der Waals surface area contributed by atoms with Crippen molar-refractivity contribution in [1.29, 1.82) is 0 Å². The Hall–Kier alpha value is -4.87. The molecule has 0 radical (unpaired) electrons. The zero-order valence-electron chi connectivity index (χ0n) is 65.8. The predicted octanol–water partition coefficient (Wildman–Crippen LogP) is 14.7. The van der Waals surface area contributed by atoms with Gasteiger partial charge in [-0.3, -0.25) is 18.9 Å². The number of alkyl carbamates (subject to hydrolysis) is 1. The van der Waals surface area contributed by atoms with Crippen molar-refractivity contribution >= 4 is 70.4 Å². The van der Waals surface area contributed by atoms with Gasteiger partial charge in [-0.25, -0.2) is 4.79 Å². The van der Waals surface area contributed by atoms with Gasteiger partial charge in [-0.1, -0.05) is 287 Å². The standard InChI is InChI=1S/C86H131N4O12P.ClH.Na/c1-8-10-12-14-16-18-20-22-24-26-28-30-32-34-41-55-80(92)99-68-72(102-81(93)56-42-35-33-31-29-27-25-23-21-19-17-15-13-11-9-2)69-101-103(95,96)100-65-62-88-84(94)98-67-66-97-64-61-87-79(91)54-40-37-47-63-90-76-60-58-71-49-44-46-51-74(71)83(76)86(5,6)78(90)53-39-36-38-52-77-85(3,4)82-73-50-45-43-48-70(73)57-59-75(82)89(77)7;;/h36,38-39,43-46,48-53,57-60,72H,8-35,37,40-42,47,54-56,61-69H2,1-7H3,(H2-,87,88,91,94,95,96);1H;/q;;+1/p-1/t72-;;/m1../s1. The summed E-state index contributed by atoms with van der Waals surface area (Å²) in [6.07, 6.45) is 48.5. The van der Waals surface area contributed by atoms with E-state index in [9.17, 15) is 28.6 Å². The number of rotatable bonds is 57. The molecule has 4 aromatic rings. The van der Waals surface area contributed by atoms with Crippen LogP contribution >= 0.6 is 7.82 Å². The fraction of sp³-hybridized carbons (Fsp3) is 0.640. The molecule has 0 fully saturated rings. The first-order valence-electron chi connectivity index (χ1n) is 40.2. The molecule has 0 saturated heterocycles. The number of halogens is 1. The predicted molar refractivity (Wildman–Crippen MR) is 420 cm³/mol. The van der Waals surface area contributed by atoms with Crippen LogP contribution in [0.25, 0.3) is 21.5 Å². The number of allylic oxidation sites excluding steroid dienone is 6. The molecule has 0 bridgehead atoms. The second-order valence-corrected chi connectivity index (χ2v) is 31.0. The molecular formula is C86H131ClN4NaO12P. The van der Waals surface area contributed by atoms with Gasteiger partial charge >= 0.3 is 47.6 Å². The van der Waals surface area contributed by atoms with Crippen LogP contribution in [0.5, 0.6) is 0 Å². The molecule has 2 atom stereocenters. The molecule has 6 rings (SSSR count). The largest absolute Gasteiger partial charge is 1.00 e. The van der Waals surface area contributed by atoms with E-state index >= 15 is 0 Å². The summed E-state index contributed by atoms with van der Waals surface area (Å²) in [7, 11) is -2.77. The molecule has 16 nitrogen and oxygen atoms in total. The second kappa shape index (κ2) is 53.1. The summed E-state index contributed by atoms with van der Waals surface area (Å²) in [6, 6.07) is 26.2. The van der Waals surface area contributed by atoms with E-state index in [1.165, 1.54) is 197 Å². The maximum absolute atomic E-state index is 13.0. The number of nitrogens with one attached hydrogen (secondary N) is 2. The van der Waals surface area contributed by atoms with E-state index in [1.54, 1.807) is 0 Å². The maximum Gasteiger partial charge on any atom is 1.00 e. The summed E-state index contributed by atoms with van der Waals surface area (Å²) in [5.41, 5.74) is 7.24. The molecular weight excluding hydrogens is 1370 g/mol. The normalized spacial score (nSPS) is 14.9. The average molecular weight is 1500 g/mol. The third kappa shape index (κ3) is 33.9. The van der Waals surface area contributed by atoms with E-state index < -0.39 is 45.2 Å². The van der Waals surface area contributed by atoms with Crippen LogP contribution in [0.4, 0.5) is 16.2 Å². The number of hydrogen-bond donors (Lipinski definition) is 2. The molecule has 0 spiro atoms. The smallest absolute Gasteiger partial charge is 1.00 e.